The minimum atomic E-state index is -0.397. The van der Waals surface area contributed by atoms with Gasteiger partial charge in [0.25, 0.3) is 5.69 Å². The summed E-state index contributed by atoms with van der Waals surface area (Å²) in [5.74, 6) is 0.522. The van der Waals surface area contributed by atoms with Crippen LogP contribution in [0.25, 0.3) is 0 Å². The molecule has 1 aliphatic heterocycles. The maximum atomic E-state index is 10.8. The molecule has 0 aromatic heterocycles. The lowest BCUT2D eigenvalue weighted by molar-refractivity contribution is -0.384. The Morgan fingerprint density at radius 2 is 2.41 bits per heavy atom. The number of hydrogen-bond acceptors (Lipinski definition) is 4. The van der Waals surface area contributed by atoms with Crippen LogP contribution in [0.2, 0.25) is 5.02 Å². The van der Waals surface area contributed by atoms with Gasteiger partial charge in [-0.2, -0.15) is 0 Å². The molecule has 1 aromatic rings. The highest BCUT2D eigenvalue weighted by atomic mass is 35.5. The standard InChI is InChI=1S/C11H14ClN3O2/c12-9-1-2-11(15(16)17)10(5-9)14-7-8-3-4-13-6-8/h1-2,5,8,13-14H,3-4,6-7H2. The van der Waals surface area contributed by atoms with E-state index in [1.165, 1.54) is 12.1 Å². The number of halogens is 1. The summed E-state index contributed by atoms with van der Waals surface area (Å²) in [4.78, 5) is 10.4. The number of nitrogens with one attached hydrogen (secondary N) is 2. The lowest BCUT2D eigenvalue weighted by Crippen LogP contribution is -2.17. The quantitative estimate of drug-likeness (QED) is 0.640. The molecule has 0 aliphatic carbocycles. The first-order valence-corrected chi connectivity index (χ1v) is 5.93. The van der Waals surface area contributed by atoms with E-state index in [4.69, 9.17) is 11.6 Å². The summed E-state index contributed by atoms with van der Waals surface area (Å²) >= 11 is 5.84. The van der Waals surface area contributed by atoms with Crippen LogP contribution >= 0.6 is 11.6 Å². The molecule has 6 heteroatoms. The molecule has 1 aromatic carbocycles. The predicted octanol–water partition coefficient (Wildman–Crippen LogP) is 2.27. The molecule has 1 fully saturated rings. The average molecular weight is 256 g/mol. The molecular weight excluding hydrogens is 242 g/mol. The van der Waals surface area contributed by atoms with Crippen molar-refractivity contribution in [2.24, 2.45) is 5.92 Å². The second-order valence-electron chi connectivity index (χ2n) is 4.16. The molecular formula is C11H14ClN3O2. The van der Waals surface area contributed by atoms with E-state index in [2.05, 4.69) is 10.6 Å². The molecule has 2 N–H and O–H groups in total. The molecule has 0 amide bonds. The van der Waals surface area contributed by atoms with Gasteiger partial charge < -0.3 is 10.6 Å². The molecule has 2 rings (SSSR count). The second-order valence-corrected chi connectivity index (χ2v) is 4.59. The zero-order chi connectivity index (χ0) is 12.3. The fourth-order valence-electron chi connectivity index (χ4n) is 1.95. The zero-order valence-corrected chi connectivity index (χ0v) is 10.0. The smallest absolute Gasteiger partial charge is 0.292 e. The van der Waals surface area contributed by atoms with Crippen LogP contribution in [0.5, 0.6) is 0 Å². The first-order valence-electron chi connectivity index (χ1n) is 5.55. The molecule has 0 bridgehead atoms. The summed E-state index contributed by atoms with van der Waals surface area (Å²) in [7, 11) is 0. The molecule has 92 valence electrons. The lowest BCUT2D eigenvalue weighted by Gasteiger charge is -2.11. The number of nitro groups is 1. The molecule has 5 nitrogen and oxygen atoms in total. The predicted molar refractivity (Wildman–Crippen MR) is 67.6 cm³/mol. The van der Waals surface area contributed by atoms with Gasteiger partial charge in [0.2, 0.25) is 0 Å². The number of anilines is 1. The SMILES string of the molecule is O=[N+]([O-])c1ccc(Cl)cc1NCC1CCNC1. The maximum absolute atomic E-state index is 10.8. The third kappa shape index (κ3) is 3.08. The Bertz CT molecular complexity index is 419. The van der Waals surface area contributed by atoms with E-state index in [1.54, 1.807) is 6.07 Å². The summed E-state index contributed by atoms with van der Waals surface area (Å²) in [5.41, 5.74) is 0.565. The van der Waals surface area contributed by atoms with E-state index in [9.17, 15) is 10.1 Å². The first-order chi connectivity index (χ1) is 8.16. The van der Waals surface area contributed by atoms with Crippen LogP contribution in [0.3, 0.4) is 0 Å². The van der Waals surface area contributed by atoms with E-state index >= 15 is 0 Å². The van der Waals surface area contributed by atoms with Crippen LogP contribution in [-0.4, -0.2) is 24.6 Å². The Morgan fingerprint density at radius 1 is 1.59 bits per heavy atom. The van der Waals surface area contributed by atoms with Crippen LogP contribution < -0.4 is 10.6 Å². The van der Waals surface area contributed by atoms with E-state index in [-0.39, 0.29) is 5.69 Å². The summed E-state index contributed by atoms with van der Waals surface area (Å²) < 4.78 is 0. The van der Waals surface area contributed by atoms with Gasteiger partial charge in [-0.25, -0.2) is 0 Å². The van der Waals surface area contributed by atoms with Gasteiger partial charge in [0.1, 0.15) is 5.69 Å². The first kappa shape index (κ1) is 12.1. The van der Waals surface area contributed by atoms with Crippen LogP contribution in [0.4, 0.5) is 11.4 Å². The summed E-state index contributed by atoms with van der Waals surface area (Å²) in [6.07, 6.45) is 1.10. The average Bonchev–Trinajstić information content (AvgIpc) is 2.78. The normalized spacial score (nSPS) is 19.2. The third-order valence-corrected chi connectivity index (χ3v) is 3.13. The molecule has 1 aliphatic rings. The number of nitrogens with zero attached hydrogens (tertiary/aromatic N) is 1. The number of hydrogen-bond donors (Lipinski definition) is 2. The van der Waals surface area contributed by atoms with Crippen molar-refractivity contribution in [1.29, 1.82) is 0 Å². The van der Waals surface area contributed by atoms with Gasteiger partial charge >= 0.3 is 0 Å². The molecule has 0 spiro atoms. The number of benzene rings is 1. The fraction of sp³-hybridized carbons (Fsp3) is 0.455. The third-order valence-electron chi connectivity index (χ3n) is 2.90. The molecule has 0 radical (unpaired) electrons. The largest absolute Gasteiger partial charge is 0.379 e. The van der Waals surface area contributed by atoms with Gasteiger partial charge in [0.15, 0.2) is 0 Å². The van der Waals surface area contributed by atoms with E-state index < -0.39 is 4.92 Å². The van der Waals surface area contributed by atoms with Gasteiger partial charge in [0.05, 0.1) is 4.92 Å². The summed E-state index contributed by atoms with van der Waals surface area (Å²) in [5, 5.41) is 17.7. The Morgan fingerprint density at radius 3 is 3.06 bits per heavy atom. The molecule has 0 saturated carbocycles. The van der Waals surface area contributed by atoms with E-state index in [0.717, 1.165) is 26.1 Å². The van der Waals surface area contributed by atoms with Crippen molar-refractivity contribution in [3.05, 3.63) is 33.3 Å². The van der Waals surface area contributed by atoms with Gasteiger partial charge in [-0.1, -0.05) is 11.6 Å². The summed E-state index contributed by atoms with van der Waals surface area (Å²) in [6.45, 7) is 2.71. The molecule has 1 atom stereocenters. The van der Waals surface area contributed by atoms with Crippen LogP contribution in [0, 0.1) is 16.0 Å². The molecule has 1 unspecified atom stereocenters. The Labute approximate surface area is 104 Å². The van der Waals surface area contributed by atoms with Crippen molar-refractivity contribution >= 4 is 23.0 Å². The minimum Gasteiger partial charge on any atom is -0.379 e. The maximum Gasteiger partial charge on any atom is 0.292 e. The van der Waals surface area contributed by atoms with Crippen molar-refractivity contribution in [3.63, 3.8) is 0 Å². The van der Waals surface area contributed by atoms with Crippen LogP contribution in [0.1, 0.15) is 6.42 Å². The van der Waals surface area contributed by atoms with Crippen molar-refractivity contribution in [2.75, 3.05) is 25.0 Å². The van der Waals surface area contributed by atoms with Gasteiger partial charge in [0, 0.05) is 17.6 Å². The zero-order valence-electron chi connectivity index (χ0n) is 9.28. The Balaban J connectivity index is 2.07. The van der Waals surface area contributed by atoms with Gasteiger partial charge in [-0.3, -0.25) is 10.1 Å². The van der Waals surface area contributed by atoms with Crippen LogP contribution in [0.15, 0.2) is 18.2 Å². The van der Waals surface area contributed by atoms with Crippen molar-refractivity contribution in [1.82, 2.24) is 5.32 Å². The molecule has 1 saturated heterocycles. The summed E-state index contributed by atoms with van der Waals surface area (Å²) in [6, 6.07) is 4.56. The highest BCUT2D eigenvalue weighted by molar-refractivity contribution is 6.31. The fourth-order valence-corrected chi connectivity index (χ4v) is 2.12. The highest BCUT2D eigenvalue weighted by Crippen LogP contribution is 2.28. The number of rotatable bonds is 4. The van der Waals surface area contributed by atoms with Crippen LogP contribution in [-0.2, 0) is 0 Å². The Hall–Kier alpha value is -1.33. The topological polar surface area (TPSA) is 67.2 Å². The van der Waals surface area contributed by atoms with Gasteiger partial charge in [-0.05, 0) is 37.6 Å². The van der Waals surface area contributed by atoms with Crippen molar-refractivity contribution < 1.29 is 4.92 Å². The van der Waals surface area contributed by atoms with E-state index in [1.807, 2.05) is 0 Å². The lowest BCUT2D eigenvalue weighted by atomic mass is 10.1. The van der Waals surface area contributed by atoms with Crippen molar-refractivity contribution in [2.45, 2.75) is 6.42 Å². The van der Waals surface area contributed by atoms with E-state index in [0.29, 0.717) is 16.6 Å². The monoisotopic (exact) mass is 255 g/mol. The van der Waals surface area contributed by atoms with Crippen molar-refractivity contribution in [3.8, 4) is 0 Å². The van der Waals surface area contributed by atoms with Gasteiger partial charge in [-0.15, -0.1) is 0 Å². The molecule has 17 heavy (non-hydrogen) atoms. The second kappa shape index (κ2) is 5.33. The number of nitro benzene ring substituents is 1. The highest BCUT2D eigenvalue weighted by Gasteiger charge is 2.17. The minimum absolute atomic E-state index is 0.0698. The Kier molecular flexibility index (Phi) is 3.81. The molecule has 1 heterocycles.